The summed E-state index contributed by atoms with van der Waals surface area (Å²) in [7, 11) is 0. The van der Waals surface area contributed by atoms with Crippen LogP contribution in [0.15, 0.2) is 0 Å². The number of rotatable bonds is 6. The van der Waals surface area contributed by atoms with Crippen LogP contribution in [-0.4, -0.2) is 35.3 Å². The number of hydrogen-bond acceptors (Lipinski definition) is 4. The Morgan fingerprint density at radius 1 is 1.58 bits per heavy atom. The van der Waals surface area contributed by atoms with Gasteiger partial charge in [0.1, 0.15) is 6.04 Å². The van der Waals surface area contributed by atoms with Gasteiger partial charge in [-0.15, -0.1) is 0 Å². The van der Waals surface area contributed by atoms with E-state index in [1.807, 2.05) is 0 Å². The van der Waals surface area contributed by atoms with Crippen LogP contribution in [0, 0.1) is 0 Å². The normalized spacial score (nSPS) is 12.4. The lowest BCUT2D eigenvalue weighted by atomic mass is 10.2. The molecule has 0 aliphatic rings. The molecular formula is C6H12N2O3S. The zero-order valence-corrected chi connectivity index (χ0v) is 7.38. The third kappa shape index (κ3) is 4.97. The number of thiol groups is 1. The highest BCUT2D eigenvalue weighted by atomic mass is 32.1. The van der Waals surface area contributed by atoms with Gasteiger partial charge in [0.05, 0.1) is 6.54 Å². The van der Waals surface area contributed by atoms with E-state index in [0.717, 1.165) is 0 Å². The van der Waals surface area contributed by atoms with Gasteiger partial charge in [-0.1, -0.05) is 0 Å². The Morgan fingerprint density at radius 2 is 2.17 bits per heavy atom. The Labute approximate surface area is 75.7 Å². The summed E-state index contributed by atoms with van der Waals surface area (Å²) in [4.78, 5) is 20.7. The maximum absolute atomic E-state index is 10.5. The van der Waals surface area contributed by atoms with Crippen LogP contribution >= 0.6 is 12.6 Å². The van der Waals surface area contributed by atoms with Crippen molar-refractivity contribution < 1.29 is 14.7 Å². The molecule has 4 N–H and O–H groups in total. The second-order valence-electron chi connectivity index (χ2n) is 2.25. The molecule has 5 nitrogen and oxygen atoms in total. The summed E-state index contributed by atoms with van der Waals surface area (Å²) in [5, 5.41) is 11.1. The lowest BCUT2D eigenvalue weighted by Crippen LogP contribution is -2.41. The second kappa shape index (κ2) is 5.84. The van der Waals surface area contributed by atoms with Crippen LogP contribution in [0.5, 0.6) is 0 Å². The fourth-order valence-electron chi connectivity index (χ4n) is 0.666. The molecule has 0 unspecified atom stereocenters. The van der Waals surface area contributed by atoms with E-state index >= 15 is 0 Å². The first-order valence-electron chi connectivity index (χ1n) is 3.43. The second-order valence-corrected chi connectivity index (χ2v) is 2.70. The number of nitrogens with two attached hydrogens (primary N) is 1. The molecule has 12 heavy (non-hydrogen) atoms. The largest absolute Gasteiger partial charge is 0.480 e. The maximum atomic E-state index is 10.5. The number of amides is 1. The molecular weight excluding hydrogens is 180 g/mol. The third-order valence-electron chi connectivity index (χ3n) is 1.24. The monoisotopic (exact) mass is 192 g/mol. The Kier molecular flexibility index (Phi) is 5.48. The lowest BCUT2D eigenvalue weighted by Gasteiger charge is -2.10. The molecule has 0 fully saturated rings. The molecule has 70 valence electrons. The van der Waals surface area contributed by atoms with Gasteiger partial charge >= 0.3 is 5.97 Å². The lowest BCUT2D eigenvalue weighted by molar-refractivity contribution is -0.139. The first-order chi connectivity index (χ1) is 5.57. The first kappa shape index (κ1) is 11.2. The molecule has 0 aliphatic carbocycles. The van der Waals surface area contributed by atoms with E-state index in [1.54, 1.807) is 0 Å². The highest BCUT2D eigenvalue weighted by Gasteiger charge is 2.15. The molecule has 0 aromatic heterocycles. The number of carbonyl (C=O) groups is 2. The zero-order chi connectivity index (χ0) is 9.56. The Balaban J connectivity index is 3.79. The smallest absolute Gasteiger partial charge is 0.320 e. The van der Waals surface area contributed by atoms with Gasteiger partial charge in [0.25, 0.3) is 0 Å². The number of hydrogen-bond donors (Lipinski definition) is 4. The van der Waals surface area contributed by atoms with Crippen molar-refractivity contribution in [1.29, 1.82) is 0 Å². The summed E-state index contributed by atoms with van der Waals surface area (Å²) in [6.07, 6.45) is 0.367. The molecule has 0 aromatic carbocycles. The summed E-state index contributed by atoms with van der Waals surface area (Å²) in [5.74, 6) is -1.12. The summed E-state index contributed by atoms with van der Waals surface area (Å²) in [6, 6.07) is -0.741. The molecule has 0 aliphatic heterocycles. The number of aliphatic carboxylic acids is 1. The van der Waals surface area contributed by atoms with Gasteiger partial charge in [-0.3, -0.25) is 14.9 Å². The number of primary amides is 1. The van der Waals surface area contributed by atoms with Crippen LogP contribution in [0.1, 0.15) is 6.42 Å². The minimum atomic E-state index is -0.995. The quantitative estimate of drug-likeness (QED) is 0.399. The fourth-order valence-corrected chi connectivity index (χ4v) is 0.924. The Hall–Kier alpha value is -0.750. The van der Waals surface area contributed by atoms with E-state index < -0.39 is 17.9 Å². The van der Waals surface area contributed by atoms with E-state index in [-0.39, 0.29) is 6.54 Å². The predicted octanol–water partition coefficient (Wildman–Crippen LogP) is -1.17. The average molecular weight is 192 g/mol. The van der Waals surface area contributed by atoms with Crippen LogP contribution < -0.4 is 11.1 Å². The van der Waals surface area contributed by atoms with Crippen molar-refractivity contribution in [2.24, 2.45) is 5.73 Å². The average Bonchev–Trinajstić information content (AvgIpc) is 1.96. The van der Waals surface area contributed by atoms with Gasteiger partial charge in [0.2, 0.25) is 5.91 Å². The van der Waals surface area contributed by atoms with Crippen molar-refractivity contribution in [2.75, 3.05) is 12.3 Å². The molecule has 0 bridgehead atoms. The van der Waals surface area contributed by atoms with Gasteiger partial charge in [-0.05, 0) is 12.2 Å². The van der Waals surface area contributed by atoms with E-state index in [0.29, 0.717) is 12.2 Å². The number of carbonyl (C=O) groups excluding carboxylic acids is 1. The summed E-state index contributed by atoms with van der Waals surface area (Å²) < 4.78 is 0. The molecule has 0 spiro atoms. The Bertz CT molecular complexity index is 174. The minimum Gasteiger partial charge on any atom is -0.480 e. The topological polar surface area (TPSA) is 92.4 Å². The van der Waals surface area contributed by atoms with Gasteiger partial charge in [-0.25, -0.2) is 0 Å². The van der Waals surface area contributed by atoms with Crippen LogP contribution in [-0.2, 0) is 9.59 Å². The predicted molar refractivity (Wildman–Crippen MR) is 47.1 cm³/mol. The summed E-state index contributed by atoms with van der Waals surface area (Å²) in [6.45, 7) is -0.120. The van der Waals surface area contributed by atoms with Crippen molar-refractivity contribution in [1.82, 2.24) is 5.32 Å². The van der Waals surface area contributed by atoms with Crippen molar-refractivity contribution in [3.8, 4) is 0 Å². The molecule has 1 amide bonds. The number of nitrogens with one attached hydrogen (secondary N) is 1. The van der Waals surface area contributed by atoms with Gasteiger partial charge in [-0.2, -0.15) is 12.6 Å². The zero-order valence-electron chi connectivity index (χ0n) is 6.49. The number of carboxylic acid groups (broad SMARTS) is 1. The molecule has 1 atom stereocenters. The number of carboxylic acids is 1. The van der Waals surface area contributed by atoms with Crippen molar-refractivity contribution in [3.05, 3.63) is 0 Å². The molecule has 0 saturated carbocycles. The first-order valence-corrected chi connectivity index (χ1v) is 4.06. The third-order valence-corrected chi connectivity index (χ3v) is 1.50. The van der Waals surface area contributed by atoms with Crippen LogP contribution in [0.2, 0.25) is 0 Å². The SMILES string of the molecule is NC(=O)CN[C@@H](CCS)C(=O)O. The van der Waals surface area contributed by atoms with Crippen LogP contribution in [0.3, 0.4) is 0 Å². The Morgan fingerprint density at radius 3 is 2.50 bits per heavy atom. The van der Waals surface area contributed by atoms with Crippen molar-refractivity contribution in [3.63, 3.8) is 0 Å². The molecule has 0 radical (unpaired) electrons. The van der Waals surface area contributed by atoms with Gasteiger partial charge in [0.15, 0.2) is 0 Å². The highest BCUT2D eigenvalue weighted by molar-refractivity contribution is 7.80. The van der Waals surface area contributed by atoms with Gasteiger partial charge in [0, 0.05) is 0 Å². The van der Waals surface area contributed by atoms with E-state index in [4.69, 9.17) is 10.8 Å². The molecule has 0 heterocycles. The van der Waals surface area contributed by atoms with E-state index in [1.165, 1.54) is 0 Å². The van der Waals surface area contributed by atoms with Crippen molar-refractivity contribution >= 4 is 24.5 Å². The standard InChI is InChI=1S/C6H12N2O3S/c7-5(9)3-8-4(1-2-12)6(10)11/h4,8,12H,1-3H2,(H2,7,9)(H,10,11)/t4-/m0/s1. The van der Waals surface area contributed by atoms with Gasteiger partial charge < -0.3 is 10.8 Å². The summed E-state index contributed by atoms with van der Waals surface area (Å²) in [5.41, 5.74) is 4.82. The molecule has 6 heteroatoms. The molecule has 0 aromatic rings. The van der Waals surface area contributed by atoms with Crippen LogP contribution in [0.4, 0.5) is 0 Å². The summed E-state index contributed by atoms with van der Waals surface area (Å²) >= 11 is 3.88. The highest BCUT2D eigenvalue weighted by Crippen LogP contribution is 1.93. The molecule has 0 rings (SSSR count). The molecule has 0 saturated heterocycles. The van der Waals surface area contributed by atoms with Crippen LogP contribution in [0.25, 0.3) is 0 Å². The maximum Gasteiger partial charge on any atom is 0.320 e. The fraction of sp³-hybridized carbons (Fsp3) is 0.667. The van der Waals surface area contributed by atoms with E-state index in [9.17, 15) is 9.59 Å². The van der Waals surface area contributed by atoms with Crippen molar-refractivity contribution in [2.45, 2.75) is 12.5 Å². The van der Waals surface area contributed by atoms with E-state index in [2.05, 4.69) is 17.9 Å². The minimum absolute atomic E-state index is 0.120.